The molecule has 0 unspecified atom stereocenters. The Morgan fingerprint density at radius 2 is 1.95 bits per heavy atom. The highest BCUT2D eigenvalue weighted by Crippen LogP contribution is 2.16. The largest absolute Gasteiger partial charge is 0.245 e. The average molecular weight is 279 g/mol. The minimum absolute atomic E-state index is 0.223. The molecule has 0 saturated carbocycles. The van der Waals surface area contributed by atoms with E-state index < -0.39 is 5.82 Å². The van der Waals surface area contributed by atoms with Crippen molar-refractivity contribution in [2.45, 2.75) is 13.8 Å². The summed E-state index contributed by atoms with van der Waals surface area (Å²) in [4.78, 5) is 8.29. The first-order valence-corrected chi connectivity index (χ1v) is 5.99. The van der Waals surface area contributed by atoms with Crippen molar-refractivity contribution in [3.8, 4) is 0 Å². The van der Waals surface area contributed by atoms with Crippen LogP contribution < -0.4 is 5.43 Å². The zero-order valence-corrected chi connectivity index (χ0v) is 11.2. The predicted octanol–water partition coefficient (Wildman–Crippen LogP) is 3.33. The van der Waals surface area contributed by atoms with Gasteiger partial charge in [0.05, 0.1) is 11.2 Å². The number of aromatic nitrogens is 2. The molecule has 6 heteroatoms. The number of nitrogens with zero attached hydrogens (tertiary/aromatic N) is 3. The number of hydrogen-bond donors (Lipinski definition) is 1. The normalized spacial score (nSPS) is 10.9. The van der Waals surface area contributed by atoms with Gasteiger partial charge in [0.25, 0.3) is 0 Å². The van der Waals surface area contributed by atoms with Gasteiger partial charge in [-0.2, -0.15) is 5.10 Å². The number of hydrogen-bond acceptors (Lipinski definition) is 4. The van der Waals surface area contributed by atoms with Crippen LogP contribution in [0, 0.1) is 19.7 Å². The molecule has 2 rings (SSSR count). The molecule has 2 aromatic rings. The zero-order valence-electron chi connectivity index (χ0n) is 10.5. The summed E-state index contributed by atoms with van der Waals surface area (Å²) in [7, 11) is 0. The quantitative estimate of drug-likeness (QED) is 0.692. The van der Waals surface area contributed by atoms with Crippen molar-refractivity contribution < 1.29 is 4.39 Å². The van der Waals surface area contributed by atoms with Gasteiger partial charge >= 0.3 is 0 Å². The molecule has 1 aromatic carbocycles. The van der Waals surface area contributed by atoms with Gasteiger partial charge in [0, 0.05) is 17.0 Å². The lowest BCUT2D eigenvalue weighted by Gasteiger charge is -2.02. The van der Waals surface area contributed by atoms with E-state index in [1.165, 1.54) is 18.3 Å². The summed E-state index contributed by atoms with van der Waals surface area (Å²) >= 11 is 5.87. The van der Waals surface area contributed by atoms with Crippen LogP contribution in [0.15, 0.2) is 29.4 Å². The third kappa shape index (κ3) is 3.48. The Bertz CT molecular complexity index is 588. The minimum atomic E-state index is -0.431. The molecule has 0 radical (unpaired) electrons. The Kier molecular flexibility index (Phi) is 4.06. The second kappa shape index (κ2) is 5.75. The second-order valence-electron chi connectivity index (χ2n) is 3.98. The van der Waals surface area contributed by atoms with E-state index in [0.29, 0.717) is 11.0 Å². The average Bonchev–Trinajstić information content (AvgIpc) is 2.32. The van der Waals surface area contributed by atoms with Crippen molar-refractivity contribution >= 4 is 23.8 Å². The first-order chi connectivity index (χ1) is 9.06. The van der Waals surface area contributed by atoms with Crippen LogP contribution in [-0.4, -0.2) is 16.2 Å². The Morgan fingerprint density at radius 3 is 2.58 bits per heavy atom. The molecule has 0 aliphatic carbocycles. The van der Waals surface area contributed by atoms with Gasteiger partial charge in [-0.15, -0.1) is 0 Å². The molecule has 0 fully saturated rings. The third-order valence-electron chi connectivity index (χ3n) is 2.34. The van der Waals surface area contributed by atoms with Gasteiger partial charge in [-0.1, -0.05) is 17.7 Å². The molecule has 0 aliphatic heterocycles. The Balaban J connectivity index is 2.16. The van der Waals surface area contributed by atoms with Gasteiger partial charge in [-0.05, 0) is 32.0 Å². The van der Waals surface area contributed by atoms with Crippen LogP contribution in [0.5, 0.6) is 0 Å². The molecule has 0 saturated heterocycles. The molecule has 0 bridgehead atoms. The van der Waals surface area contributed by atoms with Crippen LogP contribution in [0.3, 0.4) is 0 Å². The third-order valence-corrected chi connectivity index (χ3v) is 2.67. The summed E-state index contributed by atoms with van der Waals surface area (Å²) in [6, 6.07) is 6.30. The first kappa shape index (κ1) is 13.4. The topological polar surface area (TPSA) is 50.2 Å². The SMILES string of the molecule is Cc1cc(C)nc(N/N=C\c2c(F)cccc2Cl)n1. The maximum Gasteiger partial charge on any atom is 0.243 e. The number of rotatable bonds is 3. The maximum absolute atomic E-state index is 13.5. The highest BCUT2D eigenvalue weighted by atomic mass is 35.5. The smallest absolute Gasteiger partial charge is 0.243 e. The fourth-order valence-corrected chi connectivity index (χ4v) is 1.78. The van der Waals surface area contributed by atoms with Crippen molar-refractivity contribution in [3.63, 3.8) is 0 Å². The van der Waals surface area contributed by atoms with Crippen molar-refractivity contribution in [2.24, 2.45) is 5.10 Å². The summed E-state index contributed by atoms with van der Waals surface area (Å²) in [5, 5.41) is 4.19. The van der Waals surface area contributed by atoms with Gasteiger partial charge in [0.1, 0.15) is 5.82 Å². The van der Waals surface area contributed by atoms with E-state index in [1.54, 1.807) is 6.07 Å². The Hall–Kier alpha value is -2.01. The van der Waals surface area contributed by atoms with E-state index in [1.807, 2.05) is 19.9 Å². The molecule has 1 N–H and O–H groups in total. The molecular formula is C13H12ClFN4. The van der Waals surface area contributed by atoms with Crippen LogP contribution in [0.4, 0.5) is 10.3 Å². The van der Waals surface area contributed by atoms with Crippen LogP contribution in [0.1, 0.15) is 17.0 Å². The predicted molar refractivity (Wildman–Crippen MR) is 74.1 cm³/mol. The standard InChI is InChI=1S/C13H12ClFN4/c1-8-6-9(2)18-13(17-8)19-16-7-10-11(14)4-3-5-12(10)15/h3-7H,1-2H3,(H,17,18,19)/b16-7-. The molecular weight excluding hydrogens is 267 g/mol. The summed E-state index contributed by atoms with van der Waals surface area (Å²) in [6.45, 7) is 3.72. The number of anilines is 1. The van der Waals surface area contributed by atoms with Gasteiger partial charge in [-0.3, -0.25) is 0 Å². The second-order valence-corrected chi connectivity index (χ2v) is 4.39. The van der Waals surface area contributed by atoms with E-state index in [-0.39, 0.29) is 5.56 Å². The highest BCUT2D eigenvalue weighted by Gasteiger charge is 2.03. The van der Waals surface area contributed by atoms with Crippen molar-refractivity contribution in [1.29, 1.82) is 0 Å². The van der Waals surface area contributed by atoms with Crippen molar-refractivity contribution in [3.05, 3.63) is 52.1 Å². The molecule has 4 nitrogen and oxygen atoms in total. The molecule has 0 amide bonds. The number of halogens is 2. The number of hydrazone groups is 1. The van der Waals surface area contributed by atoms with Gasteiger partial charge < -0.3 is 0 Å². The van der Waals surface area contributed by atoms with Crippen LogP contribution in [-0.2, 0) is 0 Å². The lowest BCUT2D eigenvalue weighted by molar-refractivity contribution is 0.626. The summed E-state index contributed by atoms with van der Waals surface area (Å²) in [5.74, 6) is -0.0689. The van der Waals surface area contributed by atoms with E-state index in [0.717, 1.165) is 11.4 Å². The Morgan fingerprint density at radius 1 is 1.26 bits per heavy atom. The highest BCUT2D eigenvalue weighted by molar-refractivity contribution is 6.33. The summed E-state index contributed by atoms with van der Waals surface area (Å²) in [6.07, 6.45) is 1.30. The van der Waals surface area contributed by atoms with Crippen molar-refractivity contribution in [1.82, 2.24) is 9.97 Å². The molecule has 98 valence electrons. The monoisotopic (exact) mass is 278 g/mol. The number of nitrogens with one attached hydrogen (secondary N) is 1. The van der Waals surface area contributed by atoms with Crippen molar-refractivity contribution in [2.75, 3.05) is 5.43 Å². The number of aryl methyl sites for hydroxylation is 2. The molecule has 0 aliphatic rings. The van der Waals surface area contributed by atoms with E-state index in [2.05, 4.69) is 20.5 Å². The fraction of sp³-hybridized carbons (Fsp3) is 0.154. The molecule has 1 aromatic heterocycles. The lowest BCUT2D eigenvalue weighted by Crippen LogP contribution is -2.00. The van der Waals surface area contributed by atoms with Crippen LogP contribution in [0.25, 0.3) is 0 Å². The molecule has 1 heterocycles. The van der Waals surface area contributed by atoms with Gasteiger partial charge in [0.15, 0.2) is 0 Å². The van der Waals surface area contributed by atoms with E-state index >= 15 is 0 Å². The lowest BCUT2D eigenvalue weighted by atomic mass is 10.2. The summed E-state index contributed by atoms with van der Waals surface area (Å²) < 4.78 is 13.5. The number of benzene rings is 1. The van der Waals surface area contributed by atoms with Crippen LogP contribution >= 0.6 is 11.6 Å². The minimum Gasteiger partial charge on any atom is -0.245 e. The zero-order chi connectivity index (χ0) is 13.8. The molecule has 19 heavy (non-hydrogen) atoms. The maximum atomic E-state index is 13.5. The summed E-state index contributed by atoms with van der Waals surface area (Å²) in [5.41, 5.74) is 4.53. The van der Waals surface area contributed by atoms with E-state index in [4.69, 9.17) is 11.6 Å². The van der Waals surface area contributed by atoms with Crippen LogP contribution in [0.2, 0.25) is 5.02 Å². The first-order valence-electron chi connectivity index (χ1n) is 5.61. The Labute approximate surface area is 115 Å². The van der Waals surface area contributed by atoms with Gasteiger partial charge in [0.2, 0.25) is 5.95 Å². The fourth-order valence-electron chi connectivity index (χ4n) is 1.56. The van der Waals surface area contributed by atoms with E-state index in [9.17, 15) is 4.39 Å². The van der Waals surface area contributed by atoms with Gasteiger partial charge in [-0.25, -0.2) is 19.8 Å². The molecule has 0 atom stereocenters. The molecule has 0 spiro atoms.